The number of fused-ring (bicyclic) bond motifs is 1. The van der Waals surface area contributed by atoms with Crippen LogP contribution in [0.15, 0.2) is 53.3 Å². The first kappa shape index (κ1) is 18.6. The number of aromatic nitrogens is 1. The first-order valence-electron chi connectivity index (χ1n) is 9.09. The highest BCUT2D eigenvalue weighted by Gasteiger charge is 2.33. The Kier molecular flexibility index (Phi) is 4.63. The van der Waals surface area contributed by atoms with Gasteiger partial charge in [0.15, 0.2) is 0 Å². The zero-order valence-electron chi connectivity index (χ0n) is 15.0. The lowest BCUT2D eigenvalue weighted by Gasteiger charge is -2.25. The number of aliphatic hydroxyl groups is 1. The minimum absolute atomic E-state index is 0.0227. The van der Waals surface area contributed by atoms with Crippen LogP contribution >= 0.6 is 0 Å². The summed E-state index contributed by atoms with van der Waals surface area (Å²) in [6.07, 6.45) is -2.66. The number of anilines is 1. The molecule has 4 rings (SSSR count). The number of hydrogen-bond donors (Lipinski definition) is 2. The minimum Gasteiger partial charge on any atom is -0.394 e. The van der Waals surface area contributed by atoms with Crippen molar-refractivity contribution in [1.82, 2.24) is 4.98 Å². The summed E-state index contributed by atoms with van der Waals surface area (Å²) in [6, 6.07) is 12.1. The molecule has 2 N–H and O–H groups in total. The number of rotatable bonds is 3. The number of aromatic amines is 1. The van der Waals surface area contributed by atoms with Crippen LogP contribution in [0, 0.1) is 0 Å². The number of nitrogens with one attached hydrogen (secondary N) is 1. The molecule has 1 aromatic heterocycles. The molecule has 2 aromatic carbocycles. The fraction of sp³-hybridized carbons (Fsp3) is 0.286. The normalized spacial score (nSPS) is 17.4. The van der Waals surface area contributed by atoms with Crippen molar-refractivity contribution < 1.29 is 18.3 Å². The second-order valence-corrected chi connectivity index (χ2v) is 7.00. The first-order valence-corrected chi connectivity index (χ1v) is 9.09. The number of benzene rings is 2. The summed E-state index contributed by atoms with van der Waals surface area (Å²) in [5, 5.41) is 10.5. The molecule has 0 bridgehead atoms. The molecule has 0 unspecified atom stereocenters. The predicted molar refractivity (Wildman–Crippen MR) is 102 cm³/mol. The maximum atomic E-state index is 13.3. The van der Waals surface area contributed by atoms with E-state index in [1.807, 2.05) is 6.07 Å². The Morgan fingerprint density at radius 1 is 1.14 bits per heavy atom. The van der Waals surface area contributed by atoms with E-state index in [2.05, 4.69) is 9.88 Å². The summed E-state index contributed by atoms with van der Waals surface area (Å²) in [7, 11) is 0. The monoisotopic (exact) mass is 388 g/mol. The van der Waals surface area contributed by atoms with Crippen LogP contribution in [0.25, 0.3) is 22.0 Å². The van der Waals surface area contributed by atoms with Crippen molar-refractivity contribution in [2.45, 2.75) is 25.1 Å². The topological polar surface area (TPSA) is 56.3 Å². The highest BCUT2D eigenvalue weighted by molar-refractivity contribution is 5.88. The third-order valence-corrected chi connectivity index (χ3v) is 5.27. The average Bonchev–Trinajstić information content (AvgIpc) is 3.16. The molecule has 0 saturated carbocycles. The van der Waals surface area contributed by atoms with Gasteiger partial charge in [-0.3, -0.25) is 4.79 Å². The van der Waals surface area contributed by atoms with E-state index in [1.165, 1.54) is 18.2 Å². The first-order chi connectivity index (χ1) is 13.4. The van der Waals surface area contributed by atoms with E-state index in [0.717, 1.165) is 31.1 Å². The molecule has 1 saturated heterocycles. The van der Waals surface area contributed by atoms with Crippen molar-refractivity contribution in [3.05, 3.63) is 64.4 Å². The standard InChI is InChI=1S/C21H19F3N2O2/c22-21(23,24)18-6-2-1-5-16(18)19-10-13-7-8-14(11-17(13)20(28)25-19)26-9-3-4-15(26)12-27/h1-2,5-8,10-11,15,27H,3-4,9,12H2,(H,25,28)/t15-/m0/s1. The second kappa shape index (κ2) is 6.98. The Hall–Kier alpha value is -2.80. The molecule has 3 aromatic rings. The van der Waals surface area contributed by atoms with Crippen LogP contribution in [0.3, 0.4) is 0 Å². The molecule has 7 heteroatoms. The summed E-state index contributed by atoms with van der Waals surface area (Å²) < 4.78 is 40.0. The zero-order chi connectivity index (χ0) is 19.9. The Morgan fingerprint density at radius 3 is 2.68 bits per heavy atom. The van der Waals surface area contributed by atoms with Crippen molar-refractivity contribution in [3.63, 3.8) is 0 Å². The van der Waals surface area contributed by atoms with Gasteiger partial charge < -0.3 is 15.0 Å². The summed E-state index contributed by atoms with van der Waals surface area (Å²) in [5.41, 5.74) is -0.320. The highest BCUT2D eigenvalue weighted by Crippen LogP contribution is 2.37. The van der Waals surface area contributed by atoms with E-state index in [4.69, 9.17) is 0 Å². The second-order valence-electron chi connectivity index (χ2n) is 7.00. The zero-order valence-corrected chi connectivity index (χ0v) is 15.0. The van der Waals surface area contributed by atoms with Crippen molar-refractivity contribution in [3.8, 4) is 11.3 Å². The van der Waals surface area contributed by atoms with Gasteiger partial charge in [0.2, 0.25) is 0 Å². The SMILES string of the molecule is O=c1[nH]c(-c2ccccc2C(F)(F)F)cc2ccc(N3CCC[C@H]3CO)cc12. The Morgan fingerprint density at radius 2 is 1.93 bits per heavy atom. The van der Waals surface area contributed by atoms with Gasteiger partial charge >= 0.3 is 6.18 Å². The van der Waals surface area contributed by atoms with E-state index in [9.17, 15) is 23.1 Å². The highest BCUT2D eigenvalue weighted by atomic mass is 19.4. The van der Waals surface area contributed by atoms with Gasteiger partial charge in [0, 0.05) is 28.9 Å². The molecule has 28 heavy (non-hydrogen) atoms. The molecule has 0 spiro atoms. The molecule has 0 aliphatic carbocycles. The van der Waals surface area contributed by atoms with Gasteiger partial charge in [-0.25, -0.2) is 0 Å². The van der Waals surface area contributed by atoms with Crippen molar-refractivity contribution in [2.24, 2.45) is 0 Å². The van der Waals surface area contributed by atoms with Gasteiger partial charge in [-0.1, -0.05) is 24.3 Å². The number of hydrogen-bond acceptors (Lipinski definition) is 3. The molecule has 0 amide bonds. The summed E-state index contributed by atoms with van der Waals surface area (Å²) >= 11 is 0. The summed E-state index contributed by atoms with van der Waals surface area (Å²) in [4.78, 5) is 17.3. The number of H-pyrrole nitrogens is 1. The maximum absolute atomic E-state index is 13.3. The lowest BCUT2D eigenvalue weighted by molar-refractivity contribution is -0.137. The van der Waals surface area contributed by atoms with Crippen LogP contribution in [0.2, 0.25) is 0 Å². The largest absolute Gasteiger partial charge is 0.417 e. The van der Waals surface area contributed by atoms with Crippen molar-refractivity contribution >= 4 is 16.5 Å². The molecule has 2 heterocycles. The number of alkyl halides is 3. The molecule has 1 atom stereocenters. The van der Waals surface area contributed by atoms with E-state index >= 15 is 0 Å². The predicted octanol–water partition coefficient (Wildman–Crippen LogP) is 4.18. The molecule has 0 radical (unpaired) electrons. The van der Waals surface area contributed by atoms with Gasteiger partial charge in [-0.15, -0.1) is 0 Å². The van der Waals surface area contributed by atoms with E-state index in [0.29, 0.717) is 10.8 Å². The Bertz CT molecular complexity index is 1080. The summed E-state index contributed by atoms with van der Waals surface area (Å²) in [6.45, 7) is 0.841. The van der Waals surface area contributed by atoms with Crippen LogP contribution in [0.1, 0.15) is 18.4 Å². The lowest BCUT2D eigenvalue weighted by Crippen LogP contribution is -2.32. The van der Waals surface area contributed by atoms with Crippen LogP contribution in [-0.4, -0.2) is 29.3 Å². The van der Waals surface area contributed by atoms with Gasteiger partial charge in [-0.05, 0) is 42.5 Å². The van der Waals surface area contributed by atoms with Crippen molar-refractivity contribution in [1.29, 1.82) is 0 Å². The number of halogens is 3. The van der Waals surface area contributed by atoms with E-state index in [1.54, 1.807) is 18.2 Å². The number of aliphatic hydroxyl groups excluding tert-OH is 1. The Labute approximate surface area is 159 Å². The van der Waals surface area contributed by atoms with Crippen molar-refractivity contribution in [2.75, 3.05) is 18.1 Å². The van der Waals surface area contributed by atoms with Gasteiger partial charge in [0.05, 0.1) is 18.2 Å². The van der Waals surface area contributed by atoms with Crippen LogP contribution in [0.5, 0.6) is 0 Å². The van der Waals surface area contributed by atoms with E-state index in [-0.39, 0.29) is 23.9 Å². The molecule has 4 nitrogen and oxygen atoms in total. The fourth-order valence-electron chi connectivity index (χ4n) is 3.90. The molecule has 1 aliphatic heterocycles. The van der Waals surface area contributed by atoms with Crippen LogP contribution < -0.4 is 10.5 Å². The third-order valence-electron chi connectivity index (χ3n) is 5.27. The molecule has 1 fully saturated rings. The van der Waals surface area contributed by atoms with Gasteiger partial charge in [-0.2, -0.15) is 13.2 Å². The average molecular weight is 388 g/mol. The lowest BCUT2D eigenvalue weighted by atomic mass is 10.0. The third kappa shape index (κ3) is 3.26. The Balaban J connectivity index is 1.81. The van der Waals surface area contributed by atoms with E-state index < -0.39 is 17.3 Å². The summed E-state index contributed by atoms with van der Waals surface area (Å²) in [5.74, 6) is 0. The molecule has 146 valence electrons. The number of pyridine rings is 1. The van der Waals surface area contributed by atoms with Crippen LogP contribution in [-0.2, 0) is 6.18 Å². The smallest absolute Gasteiger partial charge is 0.394 e. The van der Waals surface area contributed by atoms with Gasteiger partial charge in [0.25, 0.3) is 5.56 Å². The maximum Gasteiger partial charge on any atom is 0.417 e. The van der Waals surface area contributed by atoms with Gasteiger partial charge in [0.1, 0.15) is 0 Å². The quantitative estimate of drug-likeness (QED) is 0.708. The molecular weight excluding hydrogens is 369 g/mol. The fourth-order valence-corrected chi connectivity index (χ4v) is 3.90. The molecular formula is C21H19F3N2O2. The molecule has 1 aliphatic rings. The minimum atomic E-state index is -4.51. The van der Waals surface area contributed by atoms with Crippen LogP contribution in [0.4, 0.5) is 18.9 Å². The number of nitrogens with zero attached hydrogens (tertiary/aromatic N) is 1.